The molecule has 1 N–H and O–H groups in total. The van der Waals surface area contributed by atoms with Gasteiger partial charge in [0.05, 0.1) is 17.2 Å². The Morgan fingerprint density at radius 3 is 2.62 bits per heavy atom. The average molecular weight is 285 g/mol. The van der Waals surface area contributed by atoms with Gasteiger partial charge < -0.3 is 10.2 Å². The number of rotatable bonds is 4. The summed E-state index contributed by atoms with van der Waals surface area (Å²) in [5, 5.41) is 3.46. The molecule has 1 unspecified atom stereocenters. The van der Waals surface area contributed by atoms with Crippen molar-refractivity contribution in [1.82, 2.24) is 19.8 Å². The van der Waals surface area contributed by atoms with Crippen molar-refractivity contribution in [2.24, 2.45) is 0 Å². The Labute approximate surface area is 126 Å². The van der Waals surface area contributed by atoms with Gasteiger partial charge in [-0.15, -0.1) is 0 Å². The highest BCUT2D eigenvalue weighted by Gasteiger charge is 2.16. The zero-order valence-corrected chi connectivity index (χ0v) is 12.8. The third-order valence-electron chi connectivity index (χ3n) is 3.97. The highest BCUT2D eigenvalue weighted by molar-refractivity contribution is 5.75. The van der Waals surface area contributed by atoms with Crippen LogP contribution in [0.4, 0.5) is 5.82 Å². The maximum absolute atomic E-state index is 4.62. The van der Waals surface area contributed by atoms with Crippen LogP contribution in [0.25, 0.3) is 11.0 Å². The largest absolute Gasteiger partial charge is 0.365 e. The van der Waals surface area contributed by atoms with Gasteiger partial charge in [-0.1, -0.05) is 12.1 Å². The molecule has 1 aromatic carbocycles. The van der Waals surface area contributed by atoms with Gasteiger partial charge in [-0.25, -0.2) is 4.98 Å². The van der Waals surface area contributed by atoms with E-state index in [4.69, 9.17) is 0 Å². The van der Waals surface area contributed by atoms with Crippen LogP contribution in [0.3, 0.4) is 0 Å². The van der Waals surface area contributed by atoms with E-state index in [-0.39, 0.29) is 0 Å². The minimum Gasteiger partial charge on any atom is -0.365 e. The second kappa shape index (κ2) is 6.37. The summed E-state index contributed by atoms with van der Waals surface area (Å²) in [5.41, 5.74) is 1.88. The van der Waals surface area contributed by atoms with Gasteiger partial charge >= 0.3 is 0 Å². The fraction of sp³-hybridized carbons (Fsp3) is 0.500. The number of para-hydroxylation sites is 2. The normalized spacial score (nSPS) is 18.8. The number of nitrogens with one attached hydrogen (secondary N) is 1. The van der Waals surface area contributed by atoms with E-state index in [0.717, 1.165) is 49.6 Å². The molecule has 0 radical (unpaired) electrons. The molecule has 0 bridgehead atoms. The number of hydrogen-bond donors (Lipinski definition) is 1. The van der Waals surface area contributed by atoms with E-state index in [0.29, 0.717) is 6.04 Å². The van der Waals surface area contributed by atoms with Crippen molar-refractivity contribution in [3.8, 4) is 0 Å². The minimum atomic E-state index is 0.365. The van der Waals surface area contributed by atoms with Crippen molar-refractivity contribution in [2.75, 3.05) is 45.1 Å². The molecule has 0 amide bonds. The van der Waals surface area contributed by atoms with Gasteiger partial charge in [0.15, 0.2) is 0 Å². The summed E-state index contributed by atoms with van der Waals surface area (Å²) in [6.45, 7) is 7.85. The summed E-state index contributed by atoms with van der Waals surface area (Å²) >= 11 is 0. The highest BCUT2D eigenvalue weighted by Crippen LogP contribution is 2.12. The molecule has 1 aromatic heterocycles. The summed E-state index contributed by atoms with van der Waals surface area (Å²) < 4.78 is 0. The number of anilines is 1. The average Bonchev–Trinajstić information content (AvgIpc) is 2.49. The molecule has 2 aromatic rings. The Morgan fingerprint density at radius 1 is 1.14 bits per heavy atom. The maximum atomic E-state index is 4.62. The molecule has 1 fully saturated rings. The third-order valence-corrected chi connectivity index (χ3v) is 3.97. The van der Waals surface area contributed by atoms with Gasteiger partial charge in [0.25, 0.3) is 0 Å². The highest BCUT2D eigenvalue weighted by atomic mass is 15.3. The van der Waals surface area contributed by atoms with Crippen molar-refractivity contribution in [3.05, 3.63) is 30.5 Å². The molecule has 112 valence electrons. The van der Waals surface area contributed by atoms with Gasteiger partial charge in [-0.2, -0.15) is 0 Å². The number of likely N-dealkylation sites (N-methyl/N-ethyl adjacent to an activating group) is 1. The van der Waals surface area contributed by atoms with E-state index in [2.05, 4.69) is 39.1 Å². The first-order valence-electron chi connectivity index (χ1n) is 7.60. The van der Waals surface area contributed by atoms with Gasteiger partial charge in [-0.05, 0) is 26.1 Å². The number of aromatic nitrogens is 2. The van der Waals surface area contributed by atoms with Crippen LogP contribution in [-0.2, 0) is 0 Å². The molecule has 1 atom stereocenters. The minimum absolute atomic E-state index is 0.365. The fourth-order valence-corrected chi connectivity index (χ4v) is 2.74. The van der Waals surface area contributed by atoms with Gasteiger partial charge in [0, 0.05) is 38.8 Å². The van der Waals surface area contributed by atoms with E-state index in [1.54, 1.807) is 0 Å². The Bertz CT molecular complexity index is 592. The zero-order valence-electron chi connectivity index (χ0n) is 12.8. The van der Waals surface area contributed by atoms with E-state index in [1.165, 1.54) is 0 Å². The first-order chi connectivity index (χ1) is 10.2. The third kappa shape index (κ3) is 3.68. The second-order valence-electron chi connectivity index (χ2n) is 5.89. The standard InChI is InChI=1S/C16H23N5/c1-13(12-21-9-7-20(2)8-10-21)18-16-11-17-14-5-3-4-6-15(14)19-16/h3-6,11,13H,7-10,12H2,1-2H3,(H,18,19). The van der Waals surface area contributed by atoms with Crippen LogP contribution >= 0.6 is 0 Å². The fourth-order valence-electron chi connectivity index (χ4n) is 2.74. The van der Waals surface area contributed by atoms with Crippen LogP contribution in [0, 0.1) is 0 Å². The van der Waals surface area contributed by atoms with Crippen LogP contribution in [0.5, 0.6) is 0 Å². The van der Waals surface area contributed by atoms with Crippen molar-refractivity contribution in [1.29, 1.82) is 0 Å². The Kier molecular flexibility index (Phi) is 4.31. The first kappa shape index (κ1) is 14.2. The van der Waals surface area contributed by atoms with Crippen LogP contribution in [0.15, 0.2) is 30.5 Å². The van der Waals surface area contributed by atoms with Gasteiger partial charge in [-0.3, -0.25) is 9.88 Å². The lowest BCUT2D eigenvalue weighted by molar-refractivity contribution is 0.151. The van der Waals surface area contributed by atoms with E-state index >= 15 is 0 Å². The van der Waals surface area contributed by atoms with Crippen LogP contribution < -0.4 is 5.32 Å². The van der Waals surface area contributed by atoms with Crippen LogP contribution in [0.2, 0.25) is 0 Å². The molecule has 1 aliphatic heterocycles. The summed E-state index contributed by atoms with van der Waals surface area (Å²) in [6.07, 6.45) is 1.82. The molecule has 5 heteroatoms. The maximum Gasteiger partial charge on any atom is 0.145 e. The van der Waals surface area contributed by atoms with Crippen molar-refractivity contribution >= 4 is 16.9 Å². The lowest BCUT2D eigenvalue weighted by Crippen LogP contribution is -2.47. The molecular formula is C16H23N5. The predicted molar refractivity (Wildman–Crippen MR) is 86.6 cm³/mol. The van der Waals surface area contributed by atoms with E-state index < -0.39 is 0 Å². The summed E-state index contributed by atoms with van der Waals surface area (Å²) in [4.78, 5) is 14.0. The molecule has 1 saturated heterocycles. The van der Waals surface area contributed by atoms with E-state index in [9.17, 15) is 0 Å². The monoisotopic (exact) mass is 285 g/mol. The summed E-state index contributed by atoms with van der Waals surface area (Å²) in [6, 6.07) is 8.33. The van der Waals surface area contributed by atoms with Gasteiger partial charge in [0.2, 0.25) is 0 Å². The molecule has 1 aliphatic rings. The van der Waals surface area contributed by atoms with Gasteiger partial charge in [0.1, 0.15) is 5.82 Å². The summed E-state index contributed by atoms with van der Waals surface area (Å²) in [7, 11) is 2.18. The van der Waals surface area contributed by atoms with Crippen LogP contribution in [0.1, 0.15) is 6.92 Å². The predicted octanol–water partition coefficient (Wildman–Crippen LogP) is 1.68. The molecule has 5 nitrogen and oxygen atoms in total. The molecular weight excluding hydrogens is 262 g/mol. The second-order valence-corrected chi connectivity index (χ2v) is 5.89. The quantitative estimate of drug-likeness (QED) is 0.926. The molecule has 2 heterocycles. The number of nitrogens with zero attached hydrogens (tertiary/aromatic N) is 4. The van der Waals surface area contributed by atoms with Crippen molar-refractivity contribution in [2.45, 2.75) is 13.0 Å². The Hall–Kier alpha value is -1.72. The molecule has 3 rings (SSSR count). The smallest absolute Gasteiger partial charge is 0.145 e. The molecule has 21 heavy (non-hydrogen) atoms. The van der Waals surface area contributed by atoms with Crippen molar-refractivity contribution in [3.63, 3.8) is 0 Å². The number of benzene rings is 1. The zero-order chi connectivity index (χ0) is 14.7. The summed E-state index contributed by atoms with van der Waals surface area (Å²) in [5.74, 6) is 0.857. The number of piperazine rings is 1. The SMILES string of the molecule is CC(CN1CCN(C)CC1)Nc1cnc2ccccc2n1. The lowest BCUT2D eigenvalue weighted by Gasteiger charge is -2.34. The Morgan fingerprint density at radius 2 is 1.86 bits per heavy atom. The molecule has 0 spiro atoms. The number of fused-ring (bicyclic) bond motifs is 1. The lowest BCUT2D eigenvalue weighted by atomic mass is 10.2. The Balaban J connectivity index is 1.59. The van der Waals surface area contributed by atoms with E-state index in [1.807, 2.05) is 30.5 Å². The first-order valence-corrected chi connectivity index (χ1v) is 7.60. The van der Waals surface area contributed by atoms with Crippen molar-refractivity contribution < 1.29 is 0 Å². The number of hydrogen-bond acceptors (Lipinski definition) is 5. The van der Waals surface area contributed by atoms with Crippen LogP contribution in [-0.4, -0.2) is 65.6 Å². The molecule has 0 aliphatic carbocycles. The topological polar surface area (TPSA) is 44.3 Å². The molecule has 0 saturated carbocycles.